The SMILES string of the molecule is Cc1nnc(C)n1-c1ccc(C(=O)O)c(Cl)c1. The van der Waals surface area contributed by atoms with Crippen molar-refractivity contribution in [1.82, 2.24) is 14.8 Å². The van der Waals surface area contributed by atoms with E-state index >= 15 is 0 Å². The van der Waals surface area contributed by atoms with Crippen LogP contribution in [0.25, 0.3) is 5.69 Å². The van der Waals surface area contributed by atoms with Crippen molar-refractivity contribution in [2.24, 2.45) is 0 Å². The van der Waals surface area contributed by atoms with E-state index in [9.17, 15) is 4.79 Å². The summed E-state index contributed by atoms with van der Waals surface area (Å²) in [4.78, 5) is 10.8. The molecular formula is C11H10ClN3O2. The molecule has 0 unspecified atom stereocenters. The first-order chi connectivity index (χ1) is 8.00. The number of carboxylic acids is 1. The lowest BCUT2D eigenvalue weighted by molar-refractivity contribution is 0.0697. The standard InChI is InChI=1S/C11H10ClN3O2/c1-6-13-14-7(2)15(6)8-3-4-9(11(16)17)10(12)5-8/h3-5H,1-2H3,(H,16,17). The summed E-state index contributed by atoms with van der Waals surface area (Å²) >= 11 is 5.91. The van der Waals surface area contributed by atoms with Gasteiger partial charge in [-0.05, 0) is 32.0 Å². The van der Waals surface area contributed by atoms with Crippen LogP contribution in [0.4, 0.5) is 0 Å². The van der Waals surface area contributed by atoms with Gasteiger partial charge in [-0.15, -0.1) is 10.2 Å². The van der Waals surface area contributed by atoms with E-state index < -0.39 is 5.97 Å². The van der Waals surface area contributed by atoms with E-state index in [2.05, 4.69) is 10.2 Å². The van der Waals surface area contributed by atoms with Crippen LogP contribution < -0.4 is 0 Å². The molecule has 1 aromatic heterocycles. The van der Waals surface area contributed by atoms with Crippen molar-refractivity contribution in [2.45, 2.75) is 13.8 Å². The highest BCUT2D eigenvalue weighted by molar-refractivity contribution is 6.33. The molecule has 17 heavy (non-hydrogen) atoms. The van der Waals surface area contributed by atoms with Gasteiger partial charge in [0, 0.05) is 0 Å². The van der Waals surface area contributed by atoms with Gasteiger partial charge in [-0.2, -0.15) is 0 Å². The van der Waals surface area contributed by atoms with Gasteiger partial charge in [0.25, 0.3) is 0 Å². The molecule has 0 saturated carbocycles. The Labute approximate surface area is 103 Å². The van der Waals surface area contributed by atoms with Crippen molar-refractivity contribution < 1.29 is 9.90 Å². The average molecular weight is 252 g/mol. The molecule has 1 aromatic carbocycles. The van der Waals surface area contributed by atoms with Crippen molar-refractivity contribution in [1.29, 1.82) is 0 Å². The van der Waals surface area contributed by atoms with Crippen LogP contribution >= 0.6 is 11.6 Å². The summed E-state index contributed by atoms with van der Waals surface area (Å²) in [6.07, 6.45) is 0. The average Bonchev–Trinajstić information content (AvgIpc) is 2.58. The Balaban J connectivity index is 2.56. The van der Waals surface area contributed by atoms with E-state index in [0.29, 0.717) is 0 Å². The van der Waals surface area contributed by atoms with E-state index in [-0.39, 0.29) is 10.6 Å². The number of carboxylic acid groups (broad SMARTS) is 1. The molecule has 0 fully saturated rings. The number of nitrogens with zero attached hydrogens (tertiary/aromatic N) is 3. The number of rotatable bonds is 2. The fourth-order valence-electron chi connectivity index (χ4n) is 1.66. The Bertz CT molecular complexity index is 573. The molecule has 88 valence electrons. The first-order valence-corrected chi connectivity index (χ1v) is 5.30. The Morgan fingerprint density at radius 1 is 1.29 bits per heavy atom. The summed E-state index contributed by atoms with van der Waals surface area (Å²) in [5, 5.41) is 16.9. The van der Waals surface area contributed by atoms with E-state index in [1.807, 2.05) is 13.8 Å². The predicted octanol–water partition coefficient (Wildman–Crippen LogP) is 2.24. The molecule has 0 aliphatic heterocycles. The highest BCUT2D eigenvalue weighted by atomic mass is 35.5. The largest absolute Gasteiger partial charge is 0.478 e. The zero-order chi connectivity index (χ0) is 12.6. The van der Waals surface area contributed by atoms with Crippen molar-refractivity contribution in [2.75, 3.05) is 0 Å². The van der Waals surface area contributed by atoms with Crippen molar-refractivity contribution in [3.05, 3.63) is 40.4 Å². The maximum atomic E-state index is 10.8. The van der Waals surface area contributed by atoms with Crippen LogP contribution in [0.5, 0.6) is 0 Å². The van der Waals surface area contributed by atoms with Crippen molar-refractivity contribution in [3.8, 4) is 5.69 Å². The number of aromatic nitrogens is 3. The monoisotopic (exact) mass is 251 g/mol. The lowest BCUT2D eigenvalue weighted by atomic mass is 10.2. The molecule has 0 aliphatic carbocycles. The molecule has 6 heteroatoms. The maximum Gasteiger partial charge on any atom is 0.337 e. The Kier molecular flexibility index (Phi) is 2.85. The molecule has 1 heterocycles. The second-order valence-electron chi connectivity index (χ2n) is 3.60. The molecule has 0 atom stereocenters. The zero-order valence-electron chi connectivity index (χ0n) is 9.31. The van der Waals surface area contributed by atoms with E-state index in [1.54, 1.807) is 16.7 Å². The normalized spacial score (nSPS) is 10.5. The summed E-state index contributed by atoms with van der Waals surface area (Å²) in [5.41, 5.74) is 0.832. The third kappa shape index (κ3) is 2.01. The molecule has 0 amide bonds. The van der Waals surface area contributed by atoms with Gasteiger partial charge in [0.2, 0.25) is 0 Å². The molecule has 5 nitrogen and oxygen atoms in total. The molecule has 0 bridgehead atoms. The second-order valence-corrected chi connectivity index (χ2v) is 4.01. The minimum Gasteiger partial charge on any atom is -0.478 e. The van der Waals surface area contributed by atoms with Crippen LogP contribution in [0.15, 0.2) is 18.2 Å². The van der Waals surface area contributed by atoms with Crippen LogP contribution in [0.2, 0.25) is 5.02 Å². The van der Waals surface area contributed by atoms with Crippen molar-refractivity contribution in [3.63, 3.8) is 0 Å². The molecule has 0 spiro atoms. The maximum absolute atomic E-state index is 10.8. The van der Waals surface area contributed by atoms with Gasteiger partial charge >= 0.3 is 5.97 Å². The van der Waals surface area contributed by atoms with Crippen LogP contribution in [-0.4, -0.2) is 25.8 Å². The highest BCUT2D eigenvalue weighted by Gasteiger charge is 2.12. The van der Waals surface area contributed by atoms with Crippen LogP contribution in [0.3, 0.4) is 0 Å². The fourth-order valence-corrected chi connectivity index (χ4v) is 1.91. The fraction of sp³-hybridized carbons (Fsp3) is 0.182. The summed E-state index contributed by atoms with van der Waals surface area (Å²) in [6, 6.07) is 4.74. The lowest BCUT2D eigenvalue weighted by Gasteiger charge is -2.07. The number of hydrogen-bond acceptors (Lipinski definition) is 3. The van der Waals surface area contributed by atoms with Crippen LogP contribution in [0, 0.1) is 13.8 Å². The predicted molar refractivity (Wildman–Crippen MR) is 62.8 cm³/mol. The van der Waals surface area contributed by atoms with Crippen LogP contribution in [0.1, 0.15) is 22.0 Å². The number of halogens is 1. The molecule has 2 aromatic rings. The quantitative estimate of drug-likeness (QED) is 0.889. The zero-order valence-corrected chi connectivity index (χ0v) is 10.1. The summed E-state index contributed by atoms with van der Waals surface area (Å²) in [6.45, 7) is 3.64. The number of benzene rings is 1. The molecule has 0 radical (unpaired) electrons. The topological polar surface area (TPSA) is 68.0 Å². The third-order valence-corrected chi connectivity index (χ3v) is 2.74. The smallest absolute Gasteiger partial charge is 0.337 e. The summed E-state index contributed by atoms with van der Waals surface area (Å²) in [5.74, 6) is 0.405. The van der Waals surface area contributed by atoms with E-state index in [1.165, 1.54) is 6.07 Å². The first kappa shape index (κ1) is 11.6. The highest BCUT2D eigenvalue weighted by Crippen LogP contribution is 2.21. The van der Waals surface area contributed by atoms with Crippen molar-refractivity contribution >= 4 is 17.6 Å². The molecular weight excluding hydrogens is 242 g/mol. The minimum absolute atomic E-state index is 0.0822. The van der Waals surface area contributed by atoms with Gasteiger partial charge in [-0.3, -0.25) is 4.57 Å². The number of hydrogen-bond donors (Lipinski definition) is 1. The molecule has 0 saturated heterocycles. The molecule has 1 N–H and O–H groups in total. The molecule has 0 aliphatic rings. The minimum atomic E-state index is -1.04. The summed E-state index contributed by atoms with van der Waals surface area (Å²) in [7, 11) is 0. The Hall–Kier alpha value is -1.88. The number of aromatic carboxylic acids is 1. The molecule has 2 rings (SSSR count). The van der Waals surface area contributed by atoms with Gasteiger partial charge in [0.1, 0.15) is 11.6 Å². The Morgan fingerprint density at radius 3 is 2.35 bits per heavy atom. The lowest BCUT2D eigenvalue weighted by Crippen LogP contribution is -2.02. The first-order valence-electron chi connectivity index (χ1n) is 4.92. The van der Waals surface area contributed by atoms with E-state index in [4.69, 9.17) is 16.7 Å². The third-order valence-electron chi connectivity index (χ3n) is 2.43. The van der Waals surface area contributed by atoms with Gasteiger partial charge in [0.05, 0.1) is 16.3 Å². The van der Waals surface area contributed by atoms with Gasteiger partial charge in [-0.25, -0.2) is 4.79 Å². The van der Waals surface area contributed by atoms with E-state index in [0.717, 1.165) is 17.3 Å². The van der Waals surface area contributed by atoms with Crippen LogP contribution in [-0.2, 0) is 0 Å². The second kappa shape index (κ2) is 4.18. The summed E-state index contributed by atoms with van der Waals surface area (Å²) < 4.78 is 1.80. The van der Waals surface area contributed by atoms with Gasteiger partial charge in [-0.1, -0.05) is 11.6 Å². The van der Waals surface area contributed by atoms with Gasteiger partial charge in [0.15, 0.2) is 0 Å². The Morgan fingerprint density at radius 2 is 1.88 bits per heavy atom. The number of aryl methyl sites for hydroxylation is 2. The number of carbonyl (C=O) groups is 1. The van der Waals surface area contributed by atoms with Gasteiger partial charge < -0.3 is 5.11 Å².